The second kappa shape index (κ2) is 5.71. The van der Waals surface area contributed by atoms with E-state index in [2.05, 4.69) is 10.3 Å². The summed E-state index contributed by atoms with van der Waals surface area (Å²) < 4.78 is 0. The maximum Gasteiger partial charge on any atom is 0.267 e. The standard InChI is InChI=1S/C14H14ClN3O/c1-9(10-3-2-4-11(15)7-10)18-12-5-6-17-13(8-12)14(16)19/h2-9H,1H3,(H2,16,19)(H,17,18). The van der Waals surface area contributed by atoms with Gasteiger partial charge in [-0.25, -0.2) is 0 Å². The van der Waals surface area contributed by atoms with Crippen LogP contribution in [0.2, 0.25) is 5.02 Å². The Kier molecular flexibility index (Phi) is 4.02. The zero-order chi connectivity index (χ0) is 13.8. The fraction of sp³-hybridized carbons (Fsp3) is 0.143. The maximum absolute atomic E-state index is 11.1. The van der Waals surface area contributed by atoms with E-state index in [0.717, 1.165) is 11.3 Å². The number of nitrogens with two attached hydrogens (primary N) is 1. The van der Waals surface area contributed by atoms with Crippen molar-refractivity contribution in [2.24, 2.45) is 5.73 Å². The third-order valence-corrected chi connectivity index (χ3v) is 2.98. The molecule has 5 heteroatoms. The van der Waals surface area contributed by atoms with Crippen molar-refractivity contribution in [3.8, 4) is 0 Å². The number of nitrogens with one attached hydrogen (secondary N) is 1. The summed E-state index contributed by atoms with van der Waals surface area (Å²) >= 11 is 5.96. The number of anilines is 1. The molecule has 1 aromatic carbocycles. The van der Waals surface area contributed by atoms with Crippen LogP contribution in [0.5, 0.6) is 0 Å². The molecule has 3 N–H and O–H groups in total. The van der Waals surface area contributed by atoms with Crippen molar-refractivity contribution in [3.63, 3.8) is 0 Å². The van der Waals surface area contributed by atoms with Crippen molar-refractivity contribution in [3.05, 3.63) is 58.9 Å². The van der Waals surface area contributed by atoms with E-state index in [-0.39, 0.29) is 11.7 Å². The van der Waals surface area contributed by atoms with Gasteiger partial charge in [-0.05, 0) is 36.8 Å². The predicted molar refractivity (Wildman–Crippen MR) is 76.2 cm³/mol. The normalized spacial score (nSPS) is 11.9. The summed E-state index contributed by atoms with van der Waals surface area (Å²) in [6, 6.07) is 11.1. The Labute approximate surface area is 116 Å². The molecule has 0 aliphatic heterocycles. The third-order valence-electron chi connectivity index (χ3n) is 2.74. The molecule has 98 valence electrons. The summed E-state index contributed by atoms with van der Waals surface area (Å²) in [7, 11) is 0. The molecule has 0 aliphatic carbocycles. The number of hydrogen-bond donors (Lipinski definition) is 2. The van der Waals surface area contributed by atoms with Gasteiger partial charge in [0.25, 0.3) is 5.91 Å². The number of aromatic nitrogens is 1. The van der Waals surface area contributed by atoms with Crippen molar-refractivity contribution in [1.82, 2.24) is 4.98 Å². The summed E-state index contributed by atoms with van der Waals surface area (Å²) in [6.45, 7) is 2.01. The Hall–Kier alpha value is -2.07. The summed E-state index contributed by atoms with van der Waals surface area (Å²) in [4.78, 5) is 15.0. The number of rotatable bonds is 4. The van der Waals surface area contributed by atoms with Crippen LogP contribution < -0.4 is 11.1 Å². The highest BCUT2D eigenvalue weighted by Crippen LogP contribution is 2.21. The molecule has 0 saturated heterocycles. The van der Waals surface area contributed by atoms with Gasteiger partial charge in [0.05, 0.1) is 0 Å². The Morgan fingerprint density at radius 1 is 1.37 bits per heavy atom. The molecule has 0 aliphatic rings. The monoisotopic (exact) mass is 275 g/mol. The van der Waals surface area contributed by atoms with Crippen LogP contribution in [0.3, 0.4) is 0 Å². The molecular formula is C14H14ClN3O. The van der Waals surface area contributed by atoms with Gasteiger partial charge in [0.15, 0.2) is 0 Å². The molecule has 0 fully saturated rings. The van der Waals surface area contributed by atoms with Gasteiger partial charge in [-0.2, -0.15) is 0 Å². The van der Waals surface area contributed by atoms with Gasteiger partial charge in [0.1, 0.15) is 5.69 Å². The molecule has 2 aromatic rings. The number of carbonyl (C=O) groups excluding carboxylic acids is 1. The lowest BCUT2D eigenvalue weighted by atomic mass is 10.1. The number of carbonyl (C=O) groups is 1. The second-order valence-electron chi connectivity index (χ2n) is 4.22. The number of nitrogens with zero attached hydrogens (tertiary/aromatic N) is 1. The average Bonchev–Trinajstić information content (AvgIpc) is 2.39. The van der Waals surface area contributed by atoms with E-state index in [1.54, 1.807) is 18.3 Å². The highest BCUT2D eigenvalue weighted by Gasteiger charge is 2.08. The van der Waals surface area contributed by atoms with E-state index in [1.165, 1.54) is 0 Å². The number of primary amides is 1. The SMILES string of the molecule is CC(Nc1ccnc(C(N)=O)c1)c1cccc(Cl)c1. The Bertz CT molecular complexity index is 601. The van der Waals surface area contributed by atoms with Crippen LogP contribution in [0.25, 0.3) is 0 Å². The molecule has 1 unspecified atom stereocenters. The molecule has 19 heavy (non-hydrogen) atoms. The van der Waals surface area contributed by atoms with Crippen molar-refractivity contribution in [1.29, 1.82) is 0 Å². The van der Waals surface area contributed by atoms with E-state index in [1.807, 2.05) is 31.2 Å². The van der Waals surface area contributed by atoms with E-state index in [9.17, 15) is 4.79 Å². The highest BCUT2D eigenvalue weighted by atomic mass is 35.5. The molecule has 1 amide bonds. The Morgan fingerprint density at radius 2 is 2.16 bits per heavy atom. The lowest BCUT2D eigenvalue weighted by molar-refractivity contribution is 0.0995. The minimum absolute atomic E-state index is 0.0572. The van der Waals surface area contributed by atoms with Gasteiger partial charge in [0.2, 0.25) is 0 Å². The zero-order valence-corrected chi connectivity index (χ0v) is 11.2. The van der Waals surface area contributed by atoms with Crippen LogP contribution in [-0.2, 0) is 0 Å². The van der Waals surface area contributed by atoms with E-state index >= 15 is 0 Å². The van der Waals surface area contributed by atoms with Gasteiger partial charge >= 0.3 is 0 Å². The van der Waals surface area contributed by atoms with Crippen LogP contribution >= 0.6 is 11.6 Å². The molecule has 4 nitrogen and oxygen atoms in total. The highest BCUT2D eigenvalue weighted by molar-refractivity contribution is 6.30. The fourth-order valence-electron chi connectivity index (χ4n) is 1.76. The molecule has 1 aromatic heterocycles. The number of benzene rings is 1. The van der Waals surface area contributed by atoms with Crippen LogP contribution in [0.15, 0.2) is 42.6 Å². The van der Waals surface area contributed by atoms with E-state index in [4.69, 9.17) is 17.3 Å². The van der Waals surface area contributed by atoms with Gasteiger partial charge in [0, 0.05) is 22.9 Å². The Balaban J connectivity index is 2.17. The van der Waals surface area contributed by atoms with Gasteiger partial charge < -0.3 is 11.1 Å². The molecule has 0 radical (unpaired) electrons. The number of amides is 1. The first-order valence-electron chi connectivity index (χ1n) is 5.84. The summed E-state index contributed by atoms with van der Waals surface area (Å²) in [5.74, 6) is -0.543. The lowest BCUT2D eigenvalue weighted by Crippen LogP contribution is -2.14. The molecule has 2 rings (SSSR count). The Morgan fingerprint density at radius 3 is 2.84 bits per heavy atom. The first kappa shape index (κ1) is 13.4. The van der Waals surface area contributed by atoms with Crippen LogP contribution in [-0.4, -0.2) is 10.9 Å². The molecule has 1 atom stereocenters. The minimum atomic E-state index is -0.543. The lowest BCUT2D eigenvalue weighted by Gasteiger charge is -2.16. The zero-order valence-electron chi connectivity index (χ0n) is 10.4. The summed E-state index contributed by atoms with van der Waals surface area (Å²) in [6.07, 6.45) is 1.55. The molecule has 0 saturated carbocycles. The van der Waals surface area contributed by atoms with E-state index in [0.29, 0.717) is 5.02 Å². The first-order valence-corrected chi connectivity index (χ1v) is 6.22. The second-order valence-corrected chi connectivity index (χ2v) is 4.65. The van der Waals surface area contributed by atoms with E-state index < -0.39 is 5.91 Å². The van der Waals surface area contributed by atoms with Gasteiger partial charge in [-0.15, -0.1) is 0 Å². The van der Waals surface area contributed by atoms with Crippen molar-refractivity contribution >= 4 is 23.2 Å². The van der Waals surface area contributed by atoms with Crippen LogP contribution in [0, 0.1) is 0 Å². The topological polar surface area (TPSA) is 68.0 Å². The number of pyridine rings is 1. The molecular weight excluding hydrogens is 262 g/mol. The van der Waals surface area contributed by atoms with Crippen molar-refractivity contribution < 1.29 is 4.79 Å². The number of halogens is 1. The summed E-state index contributed by atoms with van der Waals surface area (Å²) in [5, 5.41) is 3.97. The predicted octanol–water partition coefficient (Wildman–Crippen LogP) is 3.01. The van der Waals surface area contributed by atoms with Crippen molar-refractivity contribution in [2.75, 3.05) is 5.32 Å². The van der Waals surface area contributed by atoms with Gasteiger partial charge in [-0.1, -0.05) is 23.7 Å². The average molecular weight is 276 g/mol. The van der Waals surface area contributed by atoms with Crippen molar-refractivity contribution in [2.45, 2.75) is 13.0 Å². The van der Waals surface area contributed by atoms with Crippen LogP contribution in [0.1, 0.15) is 29.0 Å². The fourth-order valence-corrected chi connectivity index (χ4v) is 1.96. The van der Waals surface area contributed by atoms with Gasteiger partial charge in [-0.3, -0.25) is 9.78 Å². The largest absolute Gasteiger partial charge is 0.378 e. The quantitative estimate of drug-likeness (QED) is 0.901. The molecule has 0 spiro atoms. The summed E-state index contributed by atoms with van der Waals surface area (Å²) in [5.41, 5.74) is 7.29. The maximum atomic E-state index is 11.1. The number of hydrogen-bond acceptors (Lipinski definition) is 3. The minimum Gasteiger partial charge on any atom is -0.378 e. The van der Waals surface area contributed by atoms with Crippen LogP contribution in [0.4, 0.5) is 5.69 Å². The molecule has 0 bridgehead atoms. The first-order chi connectivity index (χ1) is 9.06. The molecule has 1 heterocycles. The smallest absolute Gasteiger partial charge is 0.267 e. The third kappa shape index (κ3) is 3.45.